The Hall–Kier alpha value is -3.99. The van der Waals surface area contributed by atoms with Crippen molar-refractivity contribution in [3.8, 4) is 11.5 Å². The molecule has 3 N–H and O–H groups in total. The summed E-state index contributed by atoms with van der Waals surface area (Å²) in [7, 11) is 0. The van der Waals surface area contributed by atoms with Gasteiger partial charge in [-0.15, -0.1) is 0 Å². The molecule has 0 saturated heterocycles. The van der Waals surface area contributed by atoms with Gasteiger partial charge < -0.3 is 20.5 Å². The van der Waals surface area contributed by atoms with E-state index in [4.69, 9.17) is 4.74 Å². The molecule has 11 heteroatoms. The normalized spacial score (nSPS) is 14.0. The molecule has 40 heavy (non-hydrogen) atoms. The van der Waals surface area contributed by atoms with Gasteiger partial charge in [0.25, 0.3) is 5.91 Å². The highest BCUT2D eigenvalue weighted by atomic mass is 19.4. The first-order valence-corrected chi connectivity index (χ1v) is 12.5. The number of rotatable bonds is 9. The number of anilines is 1. The van der Waals surface area contributed by atoms with Gasteiger partial charge in [-0.3, -0.25) is 9.59 Å². The van der Waals surface area contributed by atoms with Gasteiger partial charge in [-0.1, -0.05) is 0 Å². The SMILES string of the molecule is CC(=O)NC(CCO)c1cc(NC(=O)c2cc(C(F)(F)F)c(C3CC3)cc2Oc2ccc(F)cc2C)ccc1F. The summed E-state index contributed by atoms with van der Waals surface area (Å²) in [6.07, 6.45) is -3.63. The van der Waals surface area contributed by atoms with Crippen LogP contribution >= 0.6 is 0 Å². The number of benzene rings is 3. The molecule has 4 rings (SSSR count). The lowest BCUT2D eigenvalue weighted by atomic mass is 9.98. The van der Waals surface area contributed by atoms with E-state index in [-0.39, 0.29) is 47.3 Å². The molecule has 3 aromatic rings. The second-order valence-electron chi connectivity index (χ2n) is 9.68. The molecule has 0 aromatic heterocycles. The maximum Gasteiger partial charge on any atom is 0.416 e. The Labute approximate surface area is 227 Å². The van der Waals surface area contributed by atoms with Gasteiger partial charge >= 0.3 is 6.18 Å². The number of nitrogens with one attached hydrogen (secondary N) is 2. The minimum atomic E-state index is -4.74. The largest absolute Gasteiger partial charge is 0.456 e. The smallest absolute Gasteiger partial charge is 0.416 e. The predicted molar refractivity (Wildman–Crippen MR) is 137 cm³/mol. The van der Waals surface area contributed by atoms with Crippen molar-refractivity contribution in [3.05, 3.63) is 88.0 Å². The van der Waals surface area contributed by atoms with Gasteiger partial charge in [0, 0.05) is 24.8 Å². The highest BCUT2D eigenvalue weighted by molar-refractivity contribution is 6.06. The monoisotopic (exact) mass is 562 g/mol. The van der Waals surface area contributed by atoms with Crippen LogP contribution in [-0.2, 0) is 11.0 Å². The van der Waals surface area contributed by atoms with Crippen molar-refractivity contribution >= 4 is 17.5 Å². The highest BCUT2D eigenvalue weighted by Gasteiger charge is 2.40. The number of aliphatic hydroxyl groups is 1. The molecule has 3 aromatic carbocycles. The molecular formula is C29H27F5N2O4. The number of aryl methyl sites for hydroxylation is 1. The topological polar surface area (TPSA) is 87.7 Å². The van der Waals surface area contributed by atoms with Crippen LogP contribution in [0.5, 0.6) is 11.5 Å². The summed E-state index contributed by atoms with van der Waals surface area (Å²) >= 11 is 0. The van der Waals surface area contributed by atoms with Gasteiger partial charge in [-0.25, -0.2) is 8.78 Å². The lowest BCUT2D eigenvalue weighted by Gasteiger charge is -2.20. The lowest BCUT2D eigenvalue weighted by molar-refractivity contribution is -0.138. The van der Waals surface area contributed by atoms with Crippen molar-refractivity contribution in [1.82, 2.24) is 5.32 Å². The summed E-state index contributed by atoms with van der Waals surface area (Å²) in [5.74, 6) is -3.00. The number of carbonyl (C=O) groups excluding carboxylic acids is 2. The van der Waals surface area contributed by atoms with E-state index in [2.05, 4.69) is 10.6 Å². The molecule has 2 amide bonds. The second kappa shape index (κ2) is 11.6. The molecule has 1 saturated carbocycles. The Morgan fingerprint density at radius 1 is 1.05 bits per heavy atom. The molecule has 1 unspecified atom stereocenters. The van der Waals surface area contributed by atoms with E-state index in [0.29, 0.717) is 18.4 Å². The number of alkyl halides is 3. The van der Waals surface area contributed by atoms with Crippen LogP contribution in [0.15, 0.2) is 48.5 Å². The molecule has 212 valence electrons. The molecule has 0 spiro atoms. The highest BCUT2D eigenvalue weighted by Crippen LogP contribution is 2.48. The number of carbonyl (C=O) groups is 2. The molecule has 1 fully saturated rings. The lowest BCUT2D eigenvalue weighted by Crippen LogP contribution is -2.27. The van der Waals surface area contributed by atoms with Crippen molar-refractivity contribution in [1.29, 1.82) is 0 Å². The summed E-state index contributed by atoms with van der Waals surface area (Å²) in [5.41, 5.74) is -1.00. The first kappa shape index (κ1) is 29.0. The van der Waals surface area contributed by atoms with Gasteiger partial charge in [0.2, 0.25) is 5.91 Å². The fourth-order valence-electron chi connectivity index (χ4n) is 4.45. The number of hydrogen-bond acceptors (Lipinski definition) is 4. The Morgan fingerprint density at radius 3 is 2.38 bits per heavy atom. The molecule has 0 heterocycles. The Morgan fingerprint density at radius 2 is 1.77 bits per heavy atom. The Kier molecular flexibility index (Phi) is 8.43. The third-order valence-electron chi connectivity index (χ3n) is 6.50. The van der Waals surface area contributed by atoms with Crippen LogP contribution in [-0.4, -0.2) is 23.5 Å². The van der Waals surface area contributed by atoms with E-state index in [0.717, 1.165) is 18.2 Å². The van der Waals surface area contributed by atoms with Crippen molar-refractivity contribution < 1.29 is 41.4 Å². The van der Waals surface area contributed by atoms with Gasteiger partial charge in [0.05, 0.1) is 17.2 Å². The summed E-state index contributed by atoms with van der Waals surface area (Å²) in [5, 5.41) is 14.3. The molecule has 6 nitrogen and oxygen atoms in total. The third-order valence-corrected chi connectivity index (χ3v) is 6.50. The minimum absolute atomic E-state index is 0.00466. The fourth-order valence-corrected chi connectivity index (χ4v) is 4.45. The van der Waals surface area contributed by atoms with E-state index in [1.165, 1.54) is 37.3 Å². The Balaban J connectivity index is 1.75. The average Bonchev–Trinajstić information content (AvgIpc) is 3.71. The first-order chi connectivity index (χ1) is 18.9. The summed E-state index contributed by atoms with van der Waals surface area (Å²) in [6, 6.07) is 8.14. The summed E-state index contributed by atoms with van der Waals surface area (Å²) in [6.45, 7) is 2.42. The predicted octanol–water partition coefficient (Wildman–Crippen LogP) is 6.77. The quantitative estimate of drug-likeness (QED) is 0.251. The van der Waals surface area contributed by atoms with Crippen molar-refractivity contribution in [3.63, 3.8) is 0 Å². The third kappa shape index (κ3) is 6.77. The van der Waals surface area contributed by atoms with Crippen LogP contribution in [0.1, 0.15) is 70.8 Å². The number of ether oxygens (including phenoxy) is 1. The zero-order chi connectivity index (χ0) is 29.2. The molecule has 1 atom stereocenters. The van der Waals surface area contributed by atoms with Gasteiger partial charge in [0.15, 0.2) is 0 Å². The van der Waals surface area contributed by atoms with Crippen LogP contribution in [0, 0.1) is 18.6 Å². The first-order valence-electron chi connectivity index (χ1n) is 12.5. The molecule has 0 aliphatic heterocycles. The number of hydrogen-bond donors (Lipinski definition) is 3. The second-order valence-corrected chi connectivity index (χ2v) is 9.68. The van der Waals surface area contributed by atoms with Crippen LogP contribution < -0.4 is 15.4 Å². The average molecular weight is 563 g/mol. The number of halogens is 5. The van der Waals surface area contributed by atoms with E-state index in [1.807, 2.05) is 0 Å². The van der Waals surface area contributed by atoms with Crippen molar-refractivity contribution in [2.45, 2.75) is 51.2 Å². The van der Waals surface area contributed by atoms with Gasteiger partial charge in [0.1, 0.15) is 23.1 Å². The van der Waals surface area contributed by atoms with Crippen LogP contribution in [0.3, 0.4) is 0 Å². The summed E-state index contributed by atoms with van der Waals surface area (Å²) in [4.78, 5) is 25.0. The van der Waals surface area contributed by atoms with E-state index < -0.39 is 46.8 Å². The zero-order valence-corrected chi connectivity index (χ0v) is 21.7. The van der Waals surface area contributed by atoms with E-state index >= 15 is 0 Å². The molecule has 0 bridgehead atoms. The maximum absolute atomic E-state index is 14.6. The van der Waals surface area contributed by atoms with Crippen molar-refractivity contribution in [2.75, 3.05) is 11.9 Å². The minimum Gasteiger partial charge on any atom is -0.456 e. The van der Waals surface area contributed by atoms with Crippen LogP contribution in [0.25, 0.3) is 0 Å². The summed E-state index contributed by atoms with van der Waals surface area (Å²) < 4.78 is 76.2. The van der Waals surface area contributed by atoms with Crippen LogP contribution in [0.4, 0.5) is 27.6 Å². The number of amides is 2. The van der Waals surface area contributed by atoms with Gasteiger partial charge in [-0.2, -0.15) is 13.2 Å². The molecule has 1 aliphatic rings. The Bertz CT molecular complexity index is 1440. The number of aliphatic hydroxyl groups excluding tert-OH is 1. The fraction of sp³-hybridized carbons (Fsp3) is 0.310. The standard InChI is InChI=1S/C29H27F5N2O4/c1-15-11-18(30)5-8-26(15)40-27-14-20(17-3-4-17)23(29(32,33)34)13-22(27)28(39)36-19-6-7-24(31)21(12-19)25(9-10-37)35-16(2)38/h5-8,11-14,17,25,37H,3-4,9-10H2,1-2H3,(H,35,38)(H,36,39). The maximum atomic E-state index is 14.6. The van der Waals surface area contributed by atoms with E-state index in [9.17, 15) is 36.6 Å². The molecule has 0 radical (unpaired) electrons. The van der Waals surface area contributed by atoms with E-state index in [1.54, 1.807) is 6.92 Å². The van der Waals surface area contributed by atoms with Gasteiger partial charge in [-0.05, 0) is 91.8 Å². The molecule has 1 aliphatic carbocycles. The van der Waals surface area contributed by atoms with Crippen LogP contribution in [0.2, 0.25) is 0 Å². The van der Waals surface area contributed by atoms with Crippen molar-refractivity contribution in [2.24, 2.45) is 0 Å². The molecular weight excluding hydrogens is 535 g/mol. The zero-order valence-electron chi connectivity index (χ0n) is 21.7.